The molecule has 0 aliphatic heterocycles. The molecule has 0 saturated carbocycles. The molecule has 1 atom stereocenters. The molecule has 1 rings (SSSR count). The van der Waals surface area contributed by atoms with Gasteiger partial charge < -0.3 is 10.6 Å². The van der Waals surface area contributed by atoms with E-state index in [2.05, 4.69) is 23.3 Å². The third kappa shape index (κ3) is 5.38. The van der Waals surface area contributed by atoms with E-state index in [4.69, 9.17) is 0 Å². The maximum Gasteiger partial charge on any atom is 0.288 e. The van der Waals surface area contributed by atoms with Crippen LogP contribution in [0.3, 0.4) is 0 Å². The van der Waals surface area contributed by atoms with Crippen LogP contribution in [-0.2, 0) is 9.59 Å². The molecule has 0 bridgehead atoms. The summed E-state index contributed by atoms with van der Waals surface area (Å²) in [5.41, 5.74) is 0.278. The highest BCUT2D eigenvalue weighted by atomic mass is 32.2. The summed E-state index contributed by atoms with van der Waals surface area (Å²) in [6, 6.07) is 5.41. The van der Waals surface area contributed by atoms with E-state index in [0.717, 1.165) is 0 Å². The molecular weight excluding hydrogens is 306 g/mol. The van der Waals surface area contributed by atoms with Gasteiger partial charge in [-0.1, -0.05) is 23.9 Å². The number of nitrogens with one attached hydrogen (secondary N) is 2. The van der Waals surface area contributed by atoms with Crippen LogP contribution in [0.1, 0.15) is 6.92 Å². The van der Waals surface area contributed by atoms with Crippen LogP contribution in [0.15, 0.2) is 29.2 Å². The highest BCUT2D eigenvalue weighted by molar-refractivity contribution is 7.99. The summed E-state index contributed by atoms with van der Waals surface area (Å²) in [7, 11) is 0. The van der Waals surface area contributed by atoms with Crippen LogP contribution in [0.25, 0.3) is 0 Å². The Hall–Kier alpha value is -1.28. The standard InChI is InChI=1S/C12H14F2N2O2S2/c1-7(17)15-9(6-19)11(18)16-8-4-2-3-5-10(8)20-12(13)14/h2-5,9,12,19H,6H2,1H3,(H,15,17)(H,16,18). The number of carbonyl (C=O) groups is 2. The van der Waals surface area contributed by atoms with Crippen molar-refractivity contribution < 1.29 is 18.4 Å². The van der Waals surface area contributed by atoms with Crippen molar-refractivity contribution in [1.29, 1.82) is 0 Å². The van der Waals surface area contributed by atoms with E-state index >= 15 is 0 Å². The first-order valence-electron chi connectivity index (χ1n) is 5.66. The van der Waals surface area contributed by atoms with Crippen LogP contribution in [0.5, 0.6) is 0 Å². The minimum absolute atomic E-state index is 0.107. The Morgan fingerprint density at radius 1 is 1.35 bits per heavy atom. The third-order valence-electron chi connectivity index (χ3n) is 2.24. The molecule has 1 aromatic rings. The van der Waals surface area contributed by atoms with E-state index in [9.17, 15) is 18.4 Å². The highest BCUT2D eigenvalue weighted by Gasteiger charge is 2.19. The summed E-state index contributed by atoms with van der Waals surface area (Å²) < 4.78 is 24.8. The average molecular weight is 320 g/mol. The molecule has 20 heavy (non-hydrogen) atoms. The molecule has 4 nitrogen and oxygen atoms in total. The second kappa shape index (κ2) is 8.11. The number of para-hydroxylation sites is 1. The van der Waals surface area contributed by atoms with Gasteiger partial charge in [-0.2, -0.15) is 21.4 Å². The number of hydrogen-bond acceptors (Lipinski definition) is 4. The summed E-state index contributed by atoms with van der Waals surface area (Å²) >= 11 is 4.32. The normalized spacial score (nSPS) is 12.1. The molecule has 0 aliphatic carbocycles. The van der Waals surface area contributed by atoms with Gasteiger partial charge in [0.15, 0.2) is 0 Å². The Morgan fingerprint density at radius 3 is 2.55 bits per heavy atom. The quantitative estimate of drug-likeness (QED) is 0.557. The van der Waals surface area contributed by atoms with Crippen LogP contribution in [0, 0.1) is 0 Å². The zero-order chi connectivity index (χ0) is 15.1. The van der Waals surface area contributed by atoms with Gasteiger partial charge >= 0.3 is 0 Å². The number of amides is 2. The zero-order valence-corrected chi connectivity index (χ0v) is 12.3. The summed E-state index contributed by atoms with van der Waals surface area (Å²) in [6.07, 6.45) is 0. The molecule has 0 saturated heterocycles. The Balaban J connectivity index is 2.81. The van der Waals surface area contributed by atoms with Crippen LogP contribution in [-0.4, -0.2) is 29.4 Å². The molecule has 1 unspecified atom stereocenters. The first-order chi connectivity index (χ1) is 9.43. The fourth-order valence-electron chi connectivity index (χ4n) is 1.43. The number of hydrogen-bond donors (Lipinski definition) is 3. The smallest absolute Gasteiger partial charge is 0.288 e. The number of halogens is 2. The van der Waals surface area contributed by atoms with Gasteiger partial charge in [-0.05, 0) is 12.1 Å². The van der Waals surface area contributed by atoms with Gasteiger partial charge in [-0.25, -0.2) is 0 Å². The first-order valence-corrected chi connectivity index (χ1v) is 7.18. The van der Waals surface area contributed by atoms with Gasteiger partial charge in [-0.3, -0.25) is 9.59 Å². The Labute approximate surface area is 125 Å². The van der Waals surface area contributed by atoms with E-state index < -0.39 is 17.7 Å². The van der Waals surface area contributed by atoms with Gasteiger partial charge in [-0.15, -0.1) is 0 Å². The highest BCUT2D eigenvalue weighted by Crippen LogP contribution is 2.31. The van der Waals surface area contributed by atoms with Crippen molar-refractivity contribution >= 4 is 41.9 Å². The van der Waals surface area contributed by atoms with Gasteiger partial charge in [0.2, 0.25) is 11.8 Å². The number of carbonyl (C=O) groups excluding carboxylic acids is 2. The molecular formula is C12H14F2N2O2S2. The lowest BCUT2D eigenvalue weighted by Crippen LogP contribution is -2.44. The molecule has 0 radical (unpaired) electrons. The van der Waals surface area contributed by atoms with Crippen LogP contribution < -0.4 is 10.6 Å². The number of benzene rings is 1. The van der Waals surface area contributed by atoms with Crippen LogP contribution >= 0.6 is 24.4 Å². The molecule has 8 heteroatoms. The van der Waals surface area contributed by atoms with Crippen molar-refractivity contribution in [2.45, 2.75) is 23.6 Å². The minimum atomic E-state index is -2.58. The van der Waals surface area contributed by atoms with Crippen molar-refractivity contribution in [2.75, 3.05) is 11.1 Å². The Bertz CT molecular complexity index is 486. The molecule has 2 amide bonds. The Kier molecular flexibility index (Phi) is 6.80. The monoisotopic (exact) mass is 320 g/mol. The molecule has 0 fully saturated rings. The second-order valence-electron chi connectivity index (χ2n) is 3.80. The Morgan fingerprint density at radius 2 is 2.00 bits per heavy atom. The summed E-state index contributed by atoms with van der Waals surface area (Å²) in [4.78, 5) is 23.2. The lowest BCUT2D eigenvalue weighted by atomic mass is 10.2. The molecule has 0 aliphatic rings. The fourth-order valence-corrected chi connectivity index (χ4v) is 2.28. The predicted molar refractivity (Wildman–Crippen MR) is 78.4 cm³/mol. The second-order valence-corrected chi connectivity index (χ2v) is 5.20. The topological polar surface area (TPSA) is 58.2 Å². The van der Waals surface area contributed by atoms with Crippen molar-refractivity contribution in [2.24, 2.45) is 0 Å². The van der Waals surface area contributed by atoms with Crippen molar-refractivity contribution in [1.82, 2.24) is 5.32 Å². The average Bonchev–Trinajstić information content (AvgIpc) is 2.37. The number of anilines is 1. The molecule has 0 aromatic heterocycles. The lowest BCUT2D eigenvalue weighted by Gasteiger charge is -2.16. The molecule has 1 aromatic carbocycles. The molecule has 0 spiro atoms. The first kappa shape index (κ1) is 16.8. The van der Waals surface area contributed by atoms with Gasteiger partial charge in [0, 0.05) is 17.6 Å². The fraction of sp³-hybridized carbons (Fsp3) is 0.333. The number of alkyl halides is 2. The maximum atomic E-state index is 12.4. The van der Waals surface area contributed by atoms with E-state index in [1.807, 2.05) is 0 Å². The lowest BCUT2D eigenvalue weighted by molar-refractivity contribution is -0.124. The maximum absolute atomic E-state index is 12.4. The summed E-state index contributed by atoms with van der Waals surface area (Å²) in [5.74, 6) is -3.34. The van der Waals surface area contributed by atoms with E-state index in [1.165, 1.54) is 19.1 Å². The van der Waals surface area contributed by atoms with Crippen molar-refractivity contribution in [3.63, 3.8) is 0 Å². The van der Waals surface area contributed by atoms with Gasteiger partial charge in [0.25, 0.3) is 5.76 Å². The molecule has 2 N–H and O–H groups in total. The van der Waals surface area contributed by atoms with Crippen molar-refractivity contribution in [3.8, 4) is 0 Å². The number of thiol groups is 1. The van der Waals surface area contributed by atoms with E-state index in [0.29, 0.717) is 11.8 Å². The number of rotatable bonds is 6. The third-order valence-corrected chi connectivity index (χ3v) is 3.39. The largest absolute Gasteiger partial charge is 0.344 e. The van der Waals surface area contributed by atoms with Crippen molar-refractivity contribution in [3.05, 3.63) is 24.3 Å². The van der Waals surface area contributed by atoms with Crippen LogP contribution in [0.2, 0.25) is 0 Å². The minimum Gasteiger partial charge on any atom is -0.344 e. The molecule has 110 valence electrons. The predicted octanol–water partition coefficient (Wildman–Crippen LogP) is 2.37. The van der Waals surface area contributed by atoms with Gasteiger partial charge in [0.1, 0.15) is 6.04 Å². The zero-order valence-electron chi connectivity index (χ0n) is 10.6. The van der Waals surface area contributed by atoms with Gasteiger partial charge in [0.05, 0.1) is 5.69 Å². The summed E-state index contributed by atoms with van der Waals surface area (Å²) in [6.45, 7) is 1.28. The SMILES string of the molecule is CC(=O)NC(CS)C(=O)Nc1ccccc1SC(F)F. The van der Waals surface area contributed by atoms with Crippen LogP contribution in [0.4, 0.5) is 14.5 Å². The molecule has 0 heterocycles. The van der Waals surface area contributed by atoms with E-state index in [-0.39, 0.29) is 22.2 Å². The number of thioether (sulfide) groups is 1. The summed E-state index contributed by atoms with van der Waals surface area (Å²) in [5, 5.41) is 4.94. The van der Waals surface area contributed by atoms with E-state index in [1.54, 1.807) is 12.1 Å².